The first-order chi connectivity index (χ1) is 18.2. The van der Waals surface area contributed by atoms with Crippen LogP contribution in [-0.2, 0) is 39.4 Å². The number of benzene rings is 1. The van der Waals surface area contributed by atoms with Gasteiger partial charge in [-0.15, -0.1) is 0 Å². The van der Waals surface area contributed by atoms with Gasteiger partial charge in [-0.05, 0) is 90.5 Å². The highest BCUT2D eigenvalue weighted by Gasteiger charge is 2.41. The first-order valence-corrected chi connectivity index (χ1v) is 17.6. The van der Waals surface area contributed by atoms with Gasteiger partial charge in [-0.2, -0.15) is 0 Å². The van der Waals surface area contributed by atoms with Crippen molar-refractivity contribution in [3.05, 3.63) is 34.4 Å². The summed E-state index contributed by atoms with van der Waals surface area (Å²) in [6.45, 7) is 14.3. The molecule has 0 aromatic heterocycles. The number of nitrogens with two attached hydrogens (primary N) is 2. The molecule has 0 atom stereocenters. The summed E-state index contributed by atoms with van der Waals surface area (Å²) in [5.41, 5.74) is 13.7. The van der Waals surface area contributed by atoms with Crippen LogP contribution in [-0.4, -0.2) is 69.1 Å². The molecule has 0 aliphatic rings. The summed E-state index contributed by atoms with van der Waals surface area (Å²) in [5, 5.41) is 0. The maximum absolute atomic E-state index is 12.4. The van der Waals surface area contributed by atoms with Gasteiger partial charge in [0.15, 0.2) is 0 Å². The lowest BCUT2D eigenvalue weighted by Gasteiger charge is -2.29. The molecule has 1 aromatic rings. The number of rotatable bonds is 22. The fourth-order valence-corrected chi connectivity index (χ4v) is 9.92. The van der Waals surface area contributed by atoms with Gasteiger partial charge in [0.05, 0.1) is 0 Å². The van der Waals surface area contributed by atoms with Crippen molar-refractivity contribution >= 4 is 29.4 Å². The van der Waals surface area contributed by atoms with Crippen LogP contribution < -0.4 is 11.5 Å². The lowest BCUT2D eigenvalue weighted by atomic mass is 9.89. The molecule has 2 amide bonds. The monoisotopic (exact) mass is 572 g/mol. The maximum Gasteiger partial charge on any atom is 0.500 e. The average molecular weight is 573 g/mol. The van der Waals surface area contributed by atoms with E-state index in [1.165, 1.54) is 0 Å². The van der Waals surface area contributed by atoms with Gasteiger partial charge in [-0.25, -0.2) is 0 Å². The zero-order chi connectivity index (χ0) is 28.6. The van der Waals surface area contributed by atoms with Crippen molar-refractivity contribution in [2.24, 2.45) is 11.5 Å². The average Bonchev–Trinajstić information content (AvgIpc) is 2.85. The molecule has 0 bridgehead atoms. The lowest BCUT2D eigenvalue weighted by Crippen LogP contribution is -2.46. The number of hydrogen-bond donors (Lipinski definition) is 2. The largest absolute Gasteiger partial charge is 0.500 e. The maximum atomic E-state index is 12.4. The molecule has 0 saturated carbocycles. The highest BCUT2D eigenvalue weighted by atomic mass is 28.4. The van der Waals surface area contributed by atoms with Gasteiger partial charge in [-0.3, -0.25) is 9.59 Å². The molecule has 0 saturated heterocycles. The van der Waals surface area contributed by atoms with Crippen LogP contribution in [0.25, 0.3) is 0 Å². The Bertz CT molecular complexity index is 769. The van der Waals surface area contributed by atoms with Crippen LogP contribution in [0.5, 0.6) is 0 Å². The molecule has 1 rings (SSSR count). The van der Waals surface area contributed by atoms with E-state index in [0.717, 1.165) is 11.1 Å². The molecule has 0 aliphatic heterocycles. The molecule has 0 spiro atoms. The van der Waals surface area contributed by atoms with E-state index in [2.05, 4.69) is 0 Å². The minimum Gasteiger partial charge on any atom is -0.374 e. The van der Waals surface area contributed by atoms with E-state index in [-0.39, 0.29) is 0 Å². The fourth-order valence-electron chi connectivity index (χ4n) is 4.69. The van der Waals surface area contributed by atoms with Crippen molar-refractivity contribution in [3.8, 4) is 0 Å². The molecule has 0 aliphatic carbocycles. The van der Waals surface area contributed by atoms with Gasteiger partial charge >= 0.3 is 17.6 Å². The van der Waals surface area contributed by atoms with Crippen molar-refractivity contribution in [1.82, 2.24) is 0 Å². The minimum atomic E-state index is -2.88. The van der Waals surface area contributed by atoms with E-state index in [1.807, 2.05) is 41.5 Å². The second-order valence-corrected chi connectivity index (χ2v) is 14.0. The molecular weight excluding hydrogens is 524 g/mol. The van der Waals surface area contributed by atoms with Gasteiger partial charge in [0.25, 0.3) is 0 Å². The van der Waals surface area contributed by atoms with Crippen LogP contribution in [0.15, 0.2) is 12.1 Å². The molecular formula is C26H48N2O8Si2. The first-order valence-electron chi connectivity index (χ1n) is 13.8. The molecule has 218 valence electrons. The van der Waals surface area contributed by atoms with Crippen LogP contribution in [0, 0.1) is 0 Å². The van der Waals surface area contributed by atoms with E-state index in [0.29, 0.717) is 88.5 Å². The summed E-state index contributed by atoms with van der Waals surface area (Å²) in [4.78, 5) is 24.8. The van der Waals surface area contributed by atoms with Crippen LogP contribution in [0.1, 0.15) is 86.2 Å². The predicted octanol–water partition coefficient (Wildman–Crippen LogP) is 3.85. The van der Waals surface area contributed by atoms with Crippen LogP contribution in [0.4, 0.5) is 0 Å². The Kier molecular flexibility index (Phi) is 16.1. The summed E-state index contributed by atoms with van der Waals surface area (Å²) >= 11 is 0. The van der Waals surface area contributed by atoms with Crippen molar-refractivity contribution in [3.63, 3.8) is 0 Å². The van der Waals surface area contributed by atoms with Crippen LogP contribution in [0.3, 0.4) is 0 Å². The standard InChI is InChI=1S/C26H48N2O8Si2/c1-7-31-37(32-8-2,33-9-3)19-13-15-21-22(24(26(28)30)18-17-23(21)25(27)29)16-14-20-38(34-10-4,35-11-5)36-12-6/h17-18H,7-16,19-20H2,1-6H3,(H2,27,29)(H2,28,30). The van der Waals surface area contributed by atoms with E-state index in [4.69, 9.17) is 38.0 Å². The molecule has 0 fully saturated rings. The topological polar surface area (TPSA) is 142 Å². The summed E-state index contributed by atoms with van der Waals surface area (Å²) in [6, 6.07) is 4.30. The number of hydrogen-bond acceptors (Lipinski definition) is 8. The SMILES string of the molecule is CCO[Si](CCCc1c(C(N)=O)ccc(C(N)=O)c1CCC[Si](OCC)(OCC)OCC)(OCC)OCC. The molecule has 0 unspecified atom stereocenters. The van der Waals surface area contributed by atoms with E-state index < -0.39 is 29.4 Å². The first kappa shape index (κ1) is 34.4. The van der Waals surface area contributed by atoms with Crippen molar-refractivity contribution in [2.45, 2.75) is 79.3 Å². The fraction of sp³-hybridized carbons (Fsp3) is 0.692. The van der Waals surface area contributed by atoms with Crippen LogP contribution in [0.2, 0.25) is 12.1 Å². The van der Waals surface area contributed by atoms with Crippen molar-refractivity contribution in [1.29, 1.82) is 0 Å². The number of primary amides is 2. The molecule has 38 heavy (non-hydrogen) atoms. The smallest absolute Gasteiger partial charge is 0.374 e. The van der Waals surface area contributed by atoms with Gasteiger partial charge in [0.1, 0.15) is 0 Å². The van der Waals surface area contributed by atoms with Gasteiger partial charge in [0, 0.05) is 62.9 Å². The van der Waals surface area contributed by atoms with Gasteiger partial charge < -0.3 is 38.0 Å². The Morgan fingerprint density at radius 2 is 0.842 bits per heavy atom. The molecule has 10 nitrogen and oxygen atoms in total. The highest BCUT2D eigenvalue weighted by molar-refractivity contribution is 6.61. The van der Waals surface area contributed by atoms with E-state index in [1.54, 1.807) is 12.1 Å². The number of carbonyl (C=O) groups is 2. The summed E-state index contributed by atoms with van der Waals surface area (Å²) in [6.07, 6.45) is 2.22. The number of amides is 2. The zero-order valence-electron chi connectivity index (χ0n) is 24.1. The molecule has 0 radical (unpaired) electrons. The van der Waals surface area contributed by atoms with Gasteiger partial charge in [0.2, 0.25) is 11.8 Å². The van der Waals surface area contributed by atoms with Crippen molar-refractivity contribution < 1.29 is 36.1 Å². The molecule has 12 heteroatoms. The summed E-state index contributed by atoms with van der Waals surface area (Å²) in [5.74, 6) is -1.11. The second kappa shape index (κ2) is 17.8. The zero-order valence-corrected chi connectivity index (χ0v) is 26.1. The Labute approximate surface area is 230 Å². The van der Waals surface area contributed by atoms with Gasteiger partial charge in [-0.1, -0.05) is 0 Å². The van der Waals surface area contributed by atoms with E-state index in [9.17, 15) is 9.59 Å². The Hall–Kier alpha value is -1.65. The molecule has 4 N–H and O–H groups in total. The lowest BCUT2D eigenvalue weighted by molar-refractivity contribution is 0.0699. The quantitative estimate of drug-likeness (QED) is 0.200. The Balaban J connectivity index is 3.32. The van der Waals surface area contributed by atoms with Crippen molar-refractivity contribution in [2.75, 3.05) is 39.6 Å². The molecule has 1 aromatic carbocycles. The predicted molar refractivity (Wildman–Crippen MR) is 151 cm³/mol. The summed E-state index contributed by atoms with van der Waals surface area (Å²) in [7, 11) is -5.75. The highest BCUT2D eigenvalue weighted by Crippen LogP contribution is 2.28. The summed E-state index contributed by atoms with van der Waals surface area (Å²) < 4.78 is 35.9. The second-order valence-electron chi connectivity index (χ2n) is 8.52. The third-order valence-corrected chi connectivity index (χ3v) is 12.3. The molecule has 0 heterocycles. The minimum absolute atomic E-state index is 0.379. The third-order valence-electron chi connectivity index (χ3n) is 5.97. The third kappa shape index (κ3) is 10.2. The van der Waals surface area contributed by atoms with Crippen LogP contribution >= 0.6 is 0 Å². The Morgan fingerprint density at radius 1 is 0.579 bits per heavy atom. The normalized spacial score (nSPS) is 12.2. The number of carbonyl (C=O) groups excluding carboxylic acids is 2. The van der Waals surface area contributed by atoms with E-state index >= 15 is 0 Å². The Morgan fingerprint density at radius 3 is 1.05 bits per heavy atom.